The van der Waals surface area contributed by atoms with Crippen LogP contribution in [0.3, 0.4) is 0 Å². The molecule has 41 heavy (non-hydrogen) atoms. The number of benzene rings is 2. The SMILES string of the molecule is CCCOC(=O)[C@H](Cc1ccc(-c2c(C)n(C)c(=O)n(C)c2=O)cc1)NC(=O)c1c(Cl)cc(OCCCN)cc1Cl. The number of halogens is 2. The topological polar surface area (TPSA) is 135 Å². The molecule has 0 unspecified atom stereocenters. The van der Waals surface area contributed by atoms with Crippen LogP contribution in [-0.4, -0.2) is 46.8 Å². The highest BCUT2D eigenvalue weighted by Crippen LogP contribution is 2.30. The van der Waals surface area contributed by atoms with E-state index < -0.39 is 29.2 Å². The molecule has 3 N–H and O–H groups in total. The van der Waals surface area contributed by atoms with E-state index in [0.717, 1.165) is 4.57 Å². The highest BCUT2D eigenvalue weighted by atomic mass is 35.5. The van der Waals surface area contributed by atoms with Gasteiger partial charge in [0.05, 0.1) is 34.4 Å². The minimum atomic E-state index is -1.04. The Balaban J connectivity index is 1.86. The van der Waals surface area contributed by atoms with E-state index in [1.165, 1.54) is 23.7 Å². The van der Waals surface area contributed by atoms with Crippen LogP contribution < -0.4 is 27.0 Å². The van der Waals surface area contributed by atoms with Gasteiger partial charge >= 0.3 is 11.7 Å². The van der Waals surface area contributed by atoms with Crippen molar-refractivity contribution in [3.63, 3.8) is 0 Å². The standard InChI is InChI=1S/C29H34Cl2N4O6/c1-5-12-41-28(38)23(33-26(36)25-21(30)15-20(16-22(25)31)40-13-6-11-32)14-18-7-9-19(10-8-18)24-17(2)34(3)29(39)35(4)27(24)37/h7-10,15-16,23H,5-6,11-14,32H2,1-4H3,(H,33,36)/t23-/m0/s1. The van der Waals surface area contributed by atoms with Gasteiger partial charge in [-0.25, -0.2) is 9.59 Å². The molecule has 3 rings (SSSR count). The van der Waals surface area contributed by atoms with Crippen LogP contribution in [0.2, 0.25) is 10.0 Å². The fourth-order valence-electron chi connectivity index (χ4n) is 4.17. The van der Waals surface area contributed by atoms with Crippen molar-refractivity contribution in [1.29, 1.82) is 0 Å². The summed E-state index contributed by atoms with van der Waals surface area (Å²) in [5.74, 6) is -0.860. The van der Waals surface area contributed by atoms with Gasteiger partial charge in [0, 0.05) is 26.2 Å². The maximum absolute atomic E-state index is 13.2. The summed E-state index contributed by atoms with van der Waals surface area (Å²) in [5.41, 5.74) is 6.92. The van der Waals surface area contributed by atoms with Crippen molar-refractivity contribution < 1.29 is 19.1 Å². The molecule has 0 saturated carbocycles. The van der Waals surface area contributed by atoms with Crippen LogP contribution in [0.25, 0.3) is 11.1 Å². The number of carbonyl (C=O) groups is 2. The molecule has 12 heteroatoms. The highest BCUT2D eigenvalue weighted by molar-refractivity contribution is 6.40. The molecule has 1 atom stereocenters. The quantitative estimate of drug-likeness (QED) is 0.239. The zero-order chi connectivity index (χ0) is 30.3. The number of ether oxygens (including phenoxy) is 2. The first-order chi connectivity index (χ1) is 19.5. The minimum Gasteiger partial charge on any atom is -0.493 e. The summed E-state index contributed by atoms with van der Waals surface area (Å²) >= 11 is 12.7. The molecule has 2 aromatic carbocycles. The van der Waals surface area contributed by atoms with Gasteiger partial charge in [0.15, 0.2) is 0 Å². The van der Waals surface area contributed by atoms with Crippen LogP contribution in [0.15, 0.2) is 46.0 Å². The predicted octanol–water partition coefficient (Wildman–Crippen LogP) is 3.39. The molecular weight excluding hydrogens is 571 g/mol. The summed E-state index contributed by atoms with van der Waals surface area (Å²) in [5, 5.41) is 2.83. The number of rotatable bonds is 12. The van der Waals surface area contributed by atoms with Gasteiger partial charge < -0.3 is 25.1 Å². The molecule has 220 valence electrons. The van der Waals surface area contributed by atoms with Crippen molar-refractivity contribution >= 4 is 35.1 Å². The number of hydrogen-bond acceptors (Lipinski definition) is 7. The van der Waals surface area contributed by atoms with Crippen LogP contribution in [0.4, 0.5) is 0 Å². The van der Waals surface area contributed by atoms with E-state index in [4.69, 9.17) is 38.4 Å². The van der Waals surface area contributed by atoms with Crippen LogP contribution in [0, 0.1) is 6.92 Å². The number of nitrogens with one attached hydrogen (secondary N) is 1. The predicted molar refractivity (Wildman–Crippen MR) is 159 cm³/mol. The van der Waals surface area contributed by atoms with Crippen LogP contribution in [0.1, 0.15) is 41.4 Å². The third kappa shape index (κ3) is 7.58. The Labute approximate surface area is 248 Å². The van der Waals surface area contributed by atoms with E-state index >= 15 is 0 Å². The summed E-state index contributed by atoms with van der Waals surface area (Å²) in [6.07, 6.45) is 1.36. The number of aromatic nitrogens is 2. The Morgan fingerprint density at radius 2 is 1.66 bits per heavy atom. The Hall–Kier alpha value is -3.60. The lowest BCUT2D eigenvalue weighted by molar-refractivity contribution is -0.145. The van der Waals surface area contributed by atoms with E-state index in [2.05, 4.69) is 5.32 Å². The first-order valence-electron chi connectivity index (χ1n) is 13.1. The van der Waals surface area contributed by atoms with Gasteiger partial charge in [-0.1, -0.05) is 54.4 Å². The maximum atomic E-state index is 13.2. The van der Waals surface area contributed by atoms with Gasteiger partial charge in [0.1, 0.15) is 11.8 Å². The van der Waals surface area contributed by atoms with E-state index in [9.17, 15) is 19.2 Å². The summed E-state index contributed by atoms with van der Waals surface area (Å²) < 4.78 is 13.4. The van der Waals surface area contributed by atoms with Gasteiger partial charge in [-0.05, 0) is 49.6 Å². The first kappa shape index (κ1) is 31.9. The second-order valence-electron chi connectivity index (χ2n) is 9.51. The molecule has 0 spiro atoms. The molecule has 0 aliphatic heterocycles. The molecule has 0 saturated heterocycles. The Kier molecular flexibility index (Phi) is 11.2. The summed E-state index contributed by atoms with van der Waals surface area (Å²) in [6, 6.07) is 8.88. The van der Waals surface area contributed by atoms with Crippen molar-refractivity contribution in [3.8, 4) is 16.9 Å². The normalized spacial score (nSPS) is 11.7. The molecule has 1 amide bonds. The third-order valence-corrected chi connectivity index (χ3v) is 7.13. The molecule has 10 nitrogen and oxygen atoms in total. The number of nitrogens with two attached hydrogens (primary N) is 1. The first-order valence-corrected chi connectivity index (χ1v) is 13.9. The largest absolute Gasteiger partial charge is 0.493 e. The fraction of sp³-hybridized carbons (Fsp3) is 0.379. The Morgan fingerprint density at radius 1 is 1.02 bits per heavy atom. The average Bonchev–Trinajstić information content (AvgIpc) is 2.94. The highest BCUT2D eigenvalue weighted by Gasteiger charge is 2.26. The summed E-state index contributed by atoms with van der Waals surface area (Å²) in [7, 11) is 3.03. The lowest BCUT2D eigenvalue weighted by Crippen LogP contribution is -2.43. The molecule has 1 heterocycles. The Bertz CT molecular complexity index is 1510. The van der Waals surface area contributed by atoms with Crippen molar-refractivity contribution in [2.75, 3.05) is 19.8 Å². The van der Waals surface area contributed by atoms with Crippen molar-refractivity contribution in [2.45, 2.75) is 39.2 Å². The van der Waals surface area contributed by atoms with Gasteiger partial charge in [-0.3, -0.25) is 14.2 Å². The second-order valence-corrected chi connectivity index (χ2v) is 10.3. The van der Waals surface area contributed by atoms with Crippen LogP contribution in [0.5, 0.6) is 5.75 Å². The van der Waals surface area contributed by atoms with E-state index in [1.54, 1.807) is 38.2 Å². The molecule has 3 aromatic rings. The number of carbonyl (C=O) groups excluding carboxylic acids is 2. The van der Waals surface area contributed by atoms with E-state index in [0.29, 0.717) is 54.1 Å². The molecule has 0 aliphatic rings. The van der Waals surface area contributed by atoms with Gasteiger partial charge in [-0.2, -0.15) is 0 Å². The number of nitrogens with zero attached hydrogens (tertiary/aromatic N) is 2. The van der Waals surface area contributed by atoms with Crippen molar-refractivity contribution in [2.24, 2.45) is 19.8 Å². The number of amides is 1. The molecule has 0 bridgehead atoms. The zero-order valence-corrected chi connectivity index (χ0v) is 25.0. The zero-order valence-electron chi connectivity index (χ0n) is 23.5. The van der Waals surface area contributed by atoms with E-state index in [-0.39, 0.29) is 28.6 Å². The fourth-order valence-corrected chi connectivity index (χ4v) is 4.81. The molecule has 0 aliphatic carbocycles. The molecule has 0 radical (unpaired) electrons. The van der Waals surface area contributed by atoms with Gasteiger partial charge in [-0.15, -0.1) is 0 Å². The summed E-state index contributed by atoms with van der Waals surface area (Å²) in [4.78, 5) is 51.2. The molecule has 1 aromatic heterocycles. The lowest BCUT2D eigenvalue weighted by atomic mass is 10.00. The number of esters is 1. The Morgan fingerprint density at radius 3 is 2.24 bits per heavy atom. The molecule has 0 fully saturated rings. The van der Waals surface area contributed by atoms with E-state index in [1.807, 2.05) is 6.92 Å². The van der Waals surface area contributed by atoms with Crippen molar-refractivity contribution in [3.05, 3.63) is 84.1 Å². The van der Waals surface area contributed by atoms with Crippen molar-refractivity contribution in [1.82, 2.24) is 14.5 Å². The van der Waals surface area contributed by atoms with Crippen LogP contribution >= 0.6 is 23.2 Å². The smallest absolute Gasteiger partial charge is 0.330 e. The summed E-state index contributed by atoms with van der Waals surface area (Å²) in [6.45, 7) is 4.59. The lowest BCUT2D eigenvalue weighted by Gasteiger charge is -2.19. The minimum absolute atomic E-state index is 0.00385. The number of hydrogen-bond donors (Lipinski definition) is 2. The third-order valence-electron chi connectivity index (χ3n) is 6.54. The average molecular weight is 606 g/mol. The van der Waals surface area contributed by atoms with Crippen LogP contribution in [-0.2, 0) is 30.0 Å². The van der Waals surface area contributed by atoms with Gasteiger partial charge in [0.2, 0.25) is 0 Å². The maximum Gasteiger partial charge on any atom is 0.330 e. The molecular formula is C29H34Cl2N4O6. The monoisotopic (exact) mass is 604 g/mol. The van der Waals surface area contributed by atoms with Gasteiger partial charge in [0.25, 0.3) is 11.5 Å². The second kappa shape index (κ2) is 14.3.